The molecule has 16 atom stereocenters. The number of aliphatic carboxylic acids is 4. The smallest absolute Gasteiger partial charge is 0.307 e. The van der Waals surface area contributed by atoms with E-state index in [9.17, 15) is 49.2 Å². The molecule has 0 amide bonds. The lowest BCUT2D eigenvalue weighted by atomic mass is 9.97. The van der Waals surface area contributed by atoms with Crippen LogP contribution in [-0.2, 0) is 67.0 Å². The highest BCUT2D eigenvalue weighted by atomic mass is 32.2. The van der Waals surface area contributed by atoms with Crippen molar-refractivity contribution in [1.29, 1.82) is 0 Å². The Hall–Kier alpha value is -5.90. The number of carboxylic acid groups (broad SMARTS) is 4. The van der Waals surface area contributed by atoms with Gasteiger partial charge in [0.05, 0.1) is 48.0 Å². The summed E-state index contributed by atoms with van der Waals surface area (Å²) in [6, 6.07) is 5.21. The number of aromatic nitrogens is 6. The van der Waals surface area contributed by atoms with E-state index in [1.165, 1.54) is 26.2 Å². The number of sulfonamides is 1. The number of thioether (sulfide) groups is 1. The van der Waals surface area contributed by atoms with Crippen molar-refractivity contribution in [3.05, 3.63) is 123 Å². The molecule has 27 nitrogen and oxygen atoms in total. The minimum atomic E-state index is -3.38. The Kier molecular flexibility index (Phi) is 69.0. The molecule has 3 rings (SSSR count). The van der Waals surface area contributed by atoms with E-state index in [-0.39, 0.29) is 93.9 Å². The molecule has 3 heterocycles. The van der Waals surface area contributed by atoms with Gasteiger partial charge >= 0.3 is 23.9 Å². The summed E-state index contributed by atoms with van der Waals surface area (Å²) in [5.41, 5.74) is 0. The van der Waals surface area contributed by atoms with Gasteiger partial charge in [-0.1, -0.05) is 194 Å². The Morgan fingerprint density at radius 2 is 0.888 bits per heavy atom. The molecule has 672 valence electrons. The van der Waals surface area contributed by atoms with Gasteiger partial charge in [-0.2, -0.15) is 8.42 Å². The van der Waals surface area contributed by atoms with Crippen molar-refractivity contribution in [2.75, 3.05) is 56.5 Å². The van der Waals surface area contributed by atoms with Crippen molar-refractivity contribution in [2.24, 2.45) is 99.8 Å². The number of rotatable bonds is 38. The van der Waals surface area contributed by atoms with Crippen molar-refractivity contribution in [3.63, 3.8) is 0 Å². The van der Waals surface area contributed by atoms with Gasteiger partial charge in [-0.25, -0.2) is 46.9 Å². The van der Waals surface area contributed by atoms with E-state index in [4.69, 9.17) is 44.6 Å². The summed E-state index contributed by atoms with van der Waals surface area (Å²) in [7, 11) is -13.3. The van der Waals surface area contributed by atoms with Crippen molar-refractivity contribution >= 4 is 101 Å². The molecule has 0 bridgehead atoms. The summed E-state index contributed by atoms with van der Waals surface area (Å²) in [4.78, 5) is 73.9. The minimum Gasteiger partial charge on any atom is -0.481 e. The zero-order chi connectivity index (χ0) is 92.5. The largest absolute Gasteiger partial charge is 0.481 e. The molecule has 0 aliphatic carbocycles. The fourth-order valence-corrected chi connectivity index (χ4v) is 13.1. The number of aliphatic hydroxyl groups is 2. The highest BCUT2D eigenvalue weighted by Gasteiger charge is 2.38. The van der Waals surface area contributed by atoms with Crippen LogP contribution in [0.25, 0.3) is 0 Å². The number of primary sulfonamides is 1. The average Bonchev–Trinajstić information content (AvgIpc) is 0.855. The molecule has 9 N–H and O–H groups in total. The number of allylic oxidation sites excluding steroid dienone is 5. The highest BCUT2D eigenvalue weighted by Crippen LogP contribution is 2.38. The van der Waals surface area contributed by atoms with Crippen molar-refractivity contribution < 1.29 is 92.9 Å². The lowest BCUT2D eigenvalue weighted by Gasteiger charge is -2.37. The first-order valence-corrected chi connectivity index (χ1v) is 51.0. The van der Waals surface area contributed by atoms with Gasteiger partial charge in [0.2, 0.25) is 25.0 Å². The van der Waals surface area contributed by atoms with Crippen LogP contribution in [0.15, 0.2) is 129 Å². The van der Waals surface area contributed by atoms with Crippen LogP contribution in [-0.4, -0.2) is 189 Å². The fraction of sp³-hybridized carbons (Fsp3) is 0.671. The SMILES string of the molecule is C=C[C@H](C)[C@H](C)CO.C=C[C@H](C)[C@H](C)COS(C)(=O)=O.C=C[C@H](C)[C@H](C)CS(=O)(=O)c1ncccn1.C=C[C@H](C)[C@H](C)CS(N)(=O)=O.C=C[C@H](C)[C@H](C)CSc1ncccn1.C[C@H](C(=O)O)[C@@H](C)C(=O)O.C[C@H](CCO)C(=O)O.C[C@H](CCO[Si](C)(C)C(C)(C)C)C(=O)O.C[C@H](CO[Si](C)(C)C(C)(C)C)[C@@H](C)C=O.S=c1nccc[nH]1. The van der Waals surface area contributed by atoms with Crippen LogP contribution >= 0.6 is 24.0 Å². The van der Waals surface area contributed by atoms with E-state index < -0.39 is 88.2 Å². The summed E-state index contributed by atoms with van der Waals surface area (Å²) in [5.74, 6) is -1.81. The number of carboxylic acids is 4. The third kappa shape index (κ3) is 66.0. The number of carbonyl (C=O) groups excluding carboxylic acids is 1. The first kappa shape index (κ1) is 123. The number of hydrogen-bond donors (Lipinski definition) is 8. The molecule has 0 spiro atoms. The highest BCUT2D eigenvalue weighted by molar-refractivity contribution is 7.99. The molecule has 0 aliphatic rings. The fourth-order valence-electron chi connectivity index (χ4n) is 6.69. The second kappa shape index (κ2) is 65.0. The maximum absolute atomic E-state index is 11.9. The summed E-state index contributed by atoms with van der Waals surface area (Å²) in [6.07, 6.45) is 22.0. The van der Waals surface area contributed by atoms with Crippen molar-refractivity contribution in [2.45, 2.75) is 212 Å². The van der Waals surface area contributed by atoms with Crippen molar-refractivity contribution in [1.82, 2.24) is 29.9 Å². The maximum Gasteiger partial charge on any atom is 0.307 e. The Morgan fingerprint density at radius 1 is 0.526 bits per heavy atom. The third-order valence-electron chi connectivity index (χ3n) is 20.0. The Morgan fingerprint density at radius 3 is 1.20 bits per heavy atom. The maximum atomic E-state index is 11.9. The van der Waals surface area contributed by atoms with E-state index in [0.717, 1.165) is 23.5 Å². The van der Waals surface area contributed by atoms with Gasteiger partial charge < -0.3 is 49.3 Å². The van der Waals surface area contributed by atoms with Gasteiger partial charge in [-0.05, 0) is 145 Å². The molecule has 3 aromatic rings. The van der Waals surface area contributed by atoms with Gasteiger partial charge in [0, 0.05) is 75.3 Å². The summed E-state index contributed by atoms with van der Waals surface area (Å²) < 4.78 is 83.3. The molecule has 116 heavy (non-hydrogen) atoms. The number of nitrogens with one attached hydrogen (secondary N) is 1. The lowest BCUT2D eigenvalue weighted by molar-refractivity contribution is -0.152. The van der Waals surface area contributed by atoms with Crippen LogP contribution in [0.5, 0.6) is 0 Å². The molecule has 0 unspecified atom stereocenters. The first-order valence-electron chi connectivity index (χ1n) is 38.6. The van der Waals surface area contributed by atoms with Crippen LogP contribution in [0, 0.1) is 99.5 Å². The van der Waals surface area contributed by atoms with E-state index >= 15 is 0 Å². The number of nitrogens with zero attached hydrogens (tertiary/aromatic N) is 5. The van der Waals surface area contributed by atoms with Gasteiger partial charge in [0.15, 0.2) is 26.6 Å². The van der Waals surface area contributed by atoms with Gasteiger partial charge in [0.25, 0.3) is 10.1 Å². The molecular weight excluding hydrogens is 1620 g/mol. The minimum absolute atomic E-state index is 0.00584. The van der Waals surface area contributed by atoms with Crippen LogP contribution in [0.2, 0.25) is 36.3 Å². The predicted octanol–water partition coefficient (Wildman–Crippen LogP) is 16.6. The third-order valence-corrected chi connectivity index (χ3v) is 33.7. The zero-order valence-corrected chi connectivity index (χ0v) is 80.8. The predicted molar refractivity (Wildman–Crippen MR) is 479 cm³/mol. The van der Waals surface area contributed by atoms with Crippen molar-refractivity contribution in [3.8, 4) is 0 Å². The summed E-state index contributed by atoms with van der Waals surface area (Å²) in [6.45, 7) is 72.1. The molecule has 34 heteroatoms. The standard InChI is InChI=1S/C12H26O2Si.C11H16N2O2S.C11H16N2S.C11H24O3Si.C8H16O3S.C7H15NO2S.C7H14O.C6H10O4.C5H10O3.C4H4N2S/c1-10(8-13)11(2)9-14-15(6,7)12(3,4)5;1-4-9(2)10(3)8-16(14,15)11-12-6-5-7-13-11;1-4-9(2)10(3)8-14-11-12-6-5-7-13-11;1-9(10(12)13)7-8-14-15(5,6)11(2,3)4;1-5-7(2)8(3)6-11-12(4,9)10;1-4-6(2)7(3)5-11(8,9)10;1-4-6(2)7(3)5-8;1-3(5(7)8)4(2)6(9)10;1-4(2-3-6)5(7)8;7-4-5-2-1-3-6-4/h8,10-11H,9H2,1-7H3;4-7,9-10H,1,8H2,2-3H3;4-7,9-10H,1,8H2,2-3H3;9H,7-8H2,1-6H3,(H,12,13);5,7-8H,1,6H2,2-4H3;4,6-7H,1,5H2,2-3H3,(H2,8,9,10);4,6-8H,1,5H2,2-3H3;3-4H,1-2H3,(H,7,8)(H,9,10);4,6H,2-3H2,1H3,(H,7,8);1-3H,(H,5,6,7)/t10-,11+;2*9-,10+;9-;7-,8+;2*6-,7+;3-,4+;4-;/m0001000.1./s1. The van der Waals surface area contributed by atoms with Gasteiger partial charge in [-0.3, -0.25) is 23.4 Å². The number of nitrogens with two attached hydrogens (primary N) is 1. The topological polar surface area (TPSA) is 443 Å². The van der Waals surface area contributed by atoms with E-state index in [1.807, 2.05) is 80.5 Å². The van der Waals surface area contributed by atoms with Crippen LogP contribution < -0.4 is 5.14 Å². The number of carbonyl (C=O) groups is 5. The quantitative estimate of drug-likeness (QED) is 0.00502. The van der Waals surface area contributed by atoms with Crippen LogP contribution in [0.4, 0.5) is 0 Å². The normalized spacial score (nSPS) is 15.5. The summed E-state index contributed by atoms with van der Waals surface area (Å²) >= 11 is 6.35. The monoisotopic (exact) mass is 1770 g/mol. The number of sulfone groups is 1. The van der Waals surface area contributed by atoms with E-state index in [0.29, 0.717) is 60.4 Å². The van der Waals surface area contributed by atoms with E-state index in [1.54, 1.807) is 80.8 Å². The van der Waals surface area contributed by atoms with Gasteiger partial charge in [0.1, 0.15) is 6.29 Å². The Balaban J connectivity index is -0.000000230. The first-order chi connectivity index (χ1) is 52.9. The Labute approximate surface area is 710 Å². The number of aldehydes is 1. The molecule has 0 fully saturated rings. The molecular formula is C82H151N7O20S5Si2. The molecule has 0 saturated heterocycles. The number of hydrogen-bond acceptors (Lipinski definition) is 23. The van der Waals surface area contributed by atoms with Crippen LogP contribution in [0.1, 0.15) is 165 Å². The molecule has 3 aromatic heterocycles. The summed E-state index contributed by atoms with van der Waals surface area (Å²) in [5, 5.41) is 56.5. The Bertz CT molecular complexity index is 3580. The molecule has 0 saturated carbocycles. The lowest BCUT2D eigenvalue weighted by Crippen LogP contribution is -2.42. The average molecular weight is 1770 g/mol. The van der Waals surface area contributed by atoms with Gasteiger partial charge in [-0.15, -0.1) is 32.9 Å². The second-order valence-corrected chi connectivity index (χ2v) is 48.5. The second-order valence-electron chi connectivity index (χ2n) is 32.3. The van der Waals surface area contributed by atoms with Crippen LogP contribution in [0.3, 0.4) is 0 Å². The number of aromatic amines is 1. The molecule has 0 radical (unpaired) electrons. The zero-order valence-electron chi connectivity index (χ0n) is 74.8. The number of aliphatic hydroxyl groups excluding tert-OH is 2. The molecule has 0 aliphatic heterocycles. The van der Waals surface area contributed by atoms with E-state index in [2.05, 4.69) is 168 Å². The number of H-pyrrole nitrogens is 1. The molecule has 0 aromatic carbocycles.